The molecule has 2 heterocycles. The third-order valence-corrected chi connectivity index (χ3v) is 3.10. The Balaban J connectivity index is 2.35. The highest BCUT2D eigenvalue weighted by atomic mass is 16.5. The molecule has 0 saturated carbocycles. The molecule has 0 aliphatic carbocycles. The number of nitrogens with zero attached hydrogens (tertiary/aromatic N) is 3. The molecule has 0 unspecified atom stereocenters. The first kappa shape index (κ1) is 14.8. The Morgan fingerprint density at radius 2 is 2.10 bits per heavy atom. The highest BCUT2D eigenvalue weighted by Gasteiger charge is 2.18. The standard InChI is InChI=1S/C15H18N4O2/c1-3-19(10-11-4-6-17-7-5-11)14-13(15(20)21-2)8-12(16)9-18-14/h4-9H,3,10,16H2,1-2H3. The molecule has 0 amide bonds. The smallest absolute Gasteiger partial charge is 0.341 e. The molecule has 2 aromatic rings. The van der Waals surface area contributed by atoms with E-state index in [1.54, 1.807) is 18.5 Å². The van der Waals surface area contributed by atoms with E-state index in [0.29, 0.717) is 30.2 Å². The van der Waals surface area contributed by atoms with Crippen molar-refractivity contribution in [2.75, 3.05) is 24.3 Å². The van der Waals surface area contributed by atoms with E-state index in [1.165, 1.54) is 13.3 Å². The summed E-state index contributed by atoms with van der Waals surface area (Å²) in [6.45, 7) is 3.32. The molecule has 6 nitrogen and oxygen atoms in total. The molecule has 0 spiro atoms. The van der Waals surface area contributed by atoms with Crippen molar-refractivity contribution in [2.24, 2.45) is 0 Å². The number of anilines is 2. The number of rotatable bonds is 5. The van der Waals surface area contributed by atoms with Gasteiger partial charge in [0.05, 0.1) is 19.0 Å². The van der Waals surface area contributed by atoms with E-state index in [0.717, 1.165) is 5.56 Å². The Morgan fingerprint density at radius 1 is 1.38 bits per heavy atom. The van der Waals surface area contributed by atoms with Crippen molar-refractivity contribution in [3.05, 3.63) is 47.9 Å². The van der Waals surface area contributed by atoms with Crippen molar-refractivity contribution in [1.82, 2.24) is 9.97 Å². The fourth-order valence-electron chi connectivity index (χ4n) is 2.03. The van der Waals surface area contributed by atoms with Crippen LogP contribution in [-0.4, -0.2) is 29.6 Å². The van der Waals surface area contributed by atoms with Gasteiger partial charge in [-0.1, -0.05) is 0 Å². The zero-order chi connectivity index (χ0) is 15.2. The predicted molar refractivity (Wildman–Crippen MR) is 80.9 cm³/mol. The van der Waals surface area contributed by atoms with Crippen LogP contribution in [0.2, 0.25) is 0 Å². The lowest BCUT2D eigenvalue weighted by molar-refractivity contribution is 0.0601. The van der Waals surface area contributed by atoms with Gasteiger partial charge >= 0.3 is 5.97 Å². The maximum atomic E-state index is 11.9. The number of carbonyl (C=O) groups is 1. The molecule has 6 heteroatoms. The van der Waals surface area contributed by atoms with Crippen LogP contribution in [-0.2, 0) is 11.3 Å². The van der Waals surface area contributed by atoms with Crippen molar-refractivity contribution in [3.8, 4) is 0 Å². The zero-order valence-corrected chi connectivity index (χ0v) is 12.1. The molecule has 0 fully saturated rings. The summed E-state index contributed by atoms with van der Waals surface area (Å²) in [5.41, 5.74) is 7.60. The largest absolute Gasteiger partial charge is 0.465 e. The van der Waals surface area contributed by atoms with Gasteiger partial charge in [-0.05, 0) is 30.7 Å². The van der Waals surface area contributed by atoms with Crippen molar-refractivity contribution in [3.63, 3.8) is 0 Å². The second kappa shape index (κ2) is 6.69. The van der Waals surface area contributed by atoms with Crippen LogP contribution in [0.4, 0.5) is 11.5 Å². The molecule has 21 heavy (non-hydrogen) atoms. The fraction of sp³-hybridized carbons (Fsp3) is 0.267. The number of esters is 1. The van der Waals surface area contributed by atoms with Crippen LogP contribution in [0.3, 0.4) is 0 Å². The van der Waals surface area contributed by atoms with Gasteiger partial charge < -0.3 is 15.4 Å². The molecular weight excluding hydrogens is 268 g/mol. The summed E-state index contributed by atoms with van der Waals surface area (Å²) in [5.74, 6) is 0.119. The van der Waals surface area contributed by atoms with Crippen LogP contribution < -0.4 is 10.6 Å². The number of nitrogen functional groups attached to an aromatic ring is 1. The molecule has 2 N–H and O–H groups in total. The lowest BCUT2D eigenvalue weighted by atomic mass is 10.2. The fourth-order valence-corrected chi connectivity index (χ4v) is 2.03. The summed E-state index contributed by atoms with van der Waals surface area (Å²) in [6, 6.07) is 5.44. The first-order chi connectivity index (χ1) is 10.2. The maximum absolute atomic E-state index is 11.9. The van der Waals surface area contributed by atoms with Crippen LogP contribution in [0.15, 0.2) is 36.8 Å². The van der Waals surface area contributed by atoms with Crippen molar-refractivity contribution >= 4 is 17.5 Å². The summed E-state index contributed by atoms with van der Waals surface area (Å²) in [7, 11) is 1.34. The SMILES string of the molecule is CCN(Cc1ccncc1)c1ncc(N)cc1C(=O)OC. The normalized spacial score (nSPS) is 10.2. The lowest BCUT2D eigenvalue weighted by Crippen LogP contribution is -2.25. The molecular formula is C15H18N4O2. The summed E-state index contributed by atoms with van der Waals surface area (Å²) >= 11 is 0. The van der Waals surface area contributed by atoms with E-state index < -0.39 is 5.97 Å². The molecule has 110 valence electrons. The maximum Gasteiger partial charge on any atom is 0.341 e. The van der Waals surface area contributed by atoms with E-state index >= 15 is 0 Å². The van der Waals surface area contributed by atoms with Crippen molar-refractivity contribution < 1.29 is 9.53 Å². The quantitative estimate of drug-likeness (QED) is 0.845. The Kier molecular flexibility index (Phi) is 4.71. The van der Waals surface area contributed by atoms with Gasteiger partial charge in [-0.3, -0.25) is 4.98 Å². The van der Waals surface area contributed by atoms with Gasteiger partial charge in [0.15, 0.2) is 0 Å². The number of methoxy groups -OCH3 is 1. The molecule has 0 aliphatic heterocycles. The molecule has 2 aromatic heterocycles. The first-order valence-electron chi connectivity index (χ1n) is 6.63. The molecule has 0 bridgehead atoms. The minimum Gasteiger partial charge on any atom is -0.465 e. The highest BCUT2D eigenvalue weighted by molar-refractivity contribution is 5.95. The van der Waals surface area contributed by atoms with Gasteiger partial charge in [-0.2, -0.15) is 0 Å². The molecule has 0 radical (unpaired) electrons. The van der Waals surface area contributed by atoms with E-state index in [1.807, 2.05) is 24.0 Å². The van der Waals surface area contributed by atoms with Crippen LogP contribution in [0.5, 0.6) is 0 Å². The topological polar surface area (TPSA) is 81.3 Å². The number of nitrogens with two attached hydrogens (primary N) is 1. The number of carbonyl (C=O) groups excluding carboxylic acids is 1. The van der Waals surface area contributed by atoms with Crippen LogP contribution in [0, 0.1) is 0 Å². The minimum absolute atomic E-state index is 0.369. The number of aromatic nitrogens is 2. The third-order valence-electron chi connectivity index (χ3n) is 3.10. The highest BCUT2D eigenvalue weighted by Crippen LogP contribution is 2.22. The zero-order valence-electron chi connectivity index (χ0n) is 12.1. The lowest BCUT2D eigenvalue weighted by Gasteiger charge is -2.24. The van der Waals surface area contributed by atoms with Crippen LogP contribution >= 0.6 is 0 Å². The second-order valence-corrected chi connectivity index (χ2v) is 4.50. The number of hydrogen-bond acceptors (Lipinski definition) is 6. The number of ether oxygens (including phenoxy) is 1. The van der Waals surface area contributed by atoms with Gasteiger partial charge in [0.1, 0.15) is 11.4 Å². The minimum atomic E-state index is -0.446. The molecule has 0 atom stereocenters. The van der Waals surface area contributed by atoms with Gasteiger partial charge in [-0.15, -0.1) is 0 Å². The van der Waals surface area contributed by atoms with Gasteiger partial charge in [0, 0.05) is 25.5 Å². The Morgan fingerprint density at radius 3 is 2.71 bits per heavy atom. The predicted octanol–water partition coefficient (Wildman–Crippen LogP) is 1.87. The summed E-state index contributed by atoms with van der Waals surface area (Å²) in [5, 5.41) is 0. The van der Waals surface area contributed by atoms with Crippen LogP contribution in [0.25, 0.3) is 0 Å². The molecule has 0 aromatic carbocycles. The van der Waals surface area contributed by atoms with Gasteiger partial charge in [-0.25, -0.2) is 9.78 Å². The summed E-state index contributed by atoms with van der Waals surface area (Å²) < 4.78 is 4.81. The second-order valence-electron chi connectivity index (χ2n) is 4.50. The molecule has 0 aliphatic rings. The Hall–Kier alpha value is -2.63. The monoisotopic (exact) mass is 286 g/mol. The van der Waals surface area contributed by atoms with E-state index in [2.05, 4.69) is 9.97 Å². The number of pyridine rings is 2. The van der Waals surface area contributed by atoms with Crippen LogP contribution in [0.1, 0.15) is 22.8 Å². The van der Waals surface area contributed by atoms with Gasteiger partial charge in [0.25, 0.3) is 0 Å². The average molecular weight is 286 g/mol. The summed E-state index contributed by atoms with van der Waals surface area (Å²) in [6.07, 6.45) is 5.01. The molecule has 2 rings (SSSR count). The van der Waals surface area contributed by atoms with Crippen molar-refractivity contribution in [2.45, 2.75) is 13.5 Å². The average Bonchev–Trinajstić information content (AvgIpc) is 2.53. The van der Waals surface area contributed by atoms with E-state index in [9.17, 15) is 4.79 Å². The van der Waals surface area contributed by atoms with Crippen molar-refractivity contribution in [1.29, 1.82) is 0 Å². The molecule has 0 saturated heterocycles. The Bertz CT molecular complexity index is 616. The first-order valence-corrected chi connectivity index (χ1v) is 6.63. The number of hydrogen-bond donors (Lipinski definition) is 1. The summed E-state index contributed by atoms with van der Waals surface area (Å²) in [4.78, 5) is 22.2. The van der Waals surface area contributed by atoms with E-state index in [-0.39, 0.29) is 0 Å². The Labute approximate surface area is 123 Å². The third kappa shape index (κ3) is 3.47. The van der Waals surface area contributed by atoms with E-state index in [4.69, 9.17) is 10.5 Å². The van der Waals surface area contributed by atoms with Gasteiger partial charge in [0.2, 0.25) is 0 Å².